The Morgan fingerprint density at radius 3 is 2.42 bits per heavy atom. The highest BCUT2D eigenvalue weighted by Gasteiger charge is 2.54. The van der Waals surface area contributed by atoms with Gasteiger partial charge in [-0.15, -0.1) is 0 Å². The molecule has 2 aromatic rings. The van der Waals surface area contributed by atoms with Crippen molar-refractivity contribution in [2.75, 3.05) is 19.6 Å². The van der Waals surface area contributed by atoms with Crippen molar-refractivity contribution in [2.45, 2.75) is 44.7 Å². The molecule has 3 atom stereocenters. The number of aromatic amines is 1. The summed E-state index contributed by atoms with van der Waals surface area (Å²) in [5.74, 6) is 1.25. The van der Waals surface area contributed by atoms with Crippen LogP contribution in [-0.4, -0.2) is 52.4 Å². The SMILES string of the molecule is Cc1ccc([C@@H]2CN(C(=O)c3cc(C)c[nH]3)[C@H]3C4CCN(CC4)[C@@H]23)cc1. The van der Waals surface area contributed by atoms with Gasteiger partial charge >= 0.3 is 0 Å². The van der Waals surface area contributed by atoms with Crippen LogP contribution in [0.3, 0.4) is 0 Å². The summed E-state index contributed by atoms with van der Waals surface area (Å²) in [6.45, 7) is 7.39. The Balaban J connectivity index is 1.52. The number of aryl methyl sites for hydroxylation is 2. The van der Waals surface area contributed by atoms with Gasteiger partial charge in [-0.2, -0.15) is 0 Å². The Kier molecular flexibility index (Phi) is 3.71. The Labute approximate surface area is 155 Å². The minimum atomic E-state index is 0.177. The smallest absolute Gasteiger partial charge is 0.270 e. The van der Waals surface area contributed by atoms with Crippen LogP contribution in [0.4, 0.5) is 0 Å². The summed E-state index contributed by atoms with van der Waals surface area (Å²) in [5, 5.41) is 0. The summed E-state index contributed by atoms with van der Waals surface area (Å²) in [5.41, 5.74) is 4.54. The molecule has 4 saturated heterocycles. The van der Waals surface area contributed by atoms with Gasteiger partial charge in [-0.1, -0.05) is 29.8 Å². The second kappa shape index (κ2) is 5.98. The summed E-state index contributed by atoms with van der Waals surface area (Å²) in [7, 11) is 0. The first-order valence-corrected chi connectivity index (χ1v) is 9.88. The number of piperidine rings is 3. The summed E-state index contributed by atoms with van der Waals surface area (Å²) in [6.07, 6.45) is 4.39. The van der Waals surface area contributed by atoms with Crippen LogP contribution in [0.2, 0.25) is 0 Å². The lowest BCUT2D eigenvalue weighted by molar-refractivity contribution is -0.00356. The molecule has 0 unspecified atom stereocenters. The molecular formula is C22H27N3O. The second-order valence-corrected chi connectivity index (χ2v) is 8.42. The molecule has 4 fully saturated rings. The molecule has 6 rings (SSSR count). The van der Waals surface area contributed by atoms with Gasteiger partial charge in [0, 0.05) is 24.7 Å². The number of H-pyrrole nitrogens is 1. The predicted octanol–water partition coefficient (Wildman–Crippen LogP) is 3.33. The van der Waals surface area contributed by atoms with Crippen LogP contribution in [0.5, 0.6) is 0 Å². The molecule has 0 saturated carbocycles. The summed E-state index contributed by atoms with van der Waals surface area (Å²) in [4.78, 5) is 21.3. The Hall–Kier alpha value is -2.07. The number of carbonyl (C=O) groups is 1. The Morgan fingerprint density at radius 1 is 1.04 bits per heavy atom. The highest BCUT2D eigenvalue weighted by molar-refractivity contribution is 5.93. The molecule has 0 aliphatic carbocycles. The number of carbonyl (C=O) groups excluding carboxylic acids is 1. The maximum Gasteiger partial charge on any atom is 0.270 e. The lowest BCUT2D eigenvalue weighted by atomic mass is 9.75. The maximum absolute atomic E-state index is 13.3. The number of nitrogens with zero attached hydrogens (tertiary/aromatic N) is 2. The molecule has 5 heterocycles. The number of rotatable bonds is 2. The topological polar surface area (TPSA) is 39.3 Å². The fourth-order valence-corrected chi connectivity index (χ4v) is 5.54. The molecule has 0 radical (unpaired) electrons. The molecule has 136 valence electrons. The van der Waals surface area contributed by atoms with E-state index >= 15 is 0 Å². The van der Waals surface area contributed by atoms with E-state index in [1.54, 1.807) is 0 Å². The molecule has 4 heteroatoms. The minimum Gasteiger partial charge on any atom is -0.357 e. The Bertz CT molecular complexity index is 816. The standard InChI is InChI=1S/C22H27N3O/c1-14-3-5-16(6-4-14)18-13-25(22(26)19-11-15(2)12-23-19)20-17-7-9-24(10-8-17)21(18)20/h3-6,11-12,17-18,20-21,23H,7-10,13H2,1-2H3/t18-,20-,21-/m0/s1. The largest absolute Gasteiger partial charge is 0.357 e. The van der Waals surface area contributed by atoms with E-state index in [0.29, 0.717) is 23.9 Å². The van der Waals surface area contributed by atoms with E-state index in [4.69, 9.17) is 0 Å². The lowest BCUT2D eigenvalue weighted by Crippen LogP contribution is -2.60. The number of fused-ring (bicyclic) bond motifs is 2. The van der Waals surface area contributed by atoms with Gasteiger partial charge in [0.05, 0.1) is 6.04 Å². The van der Waals surface area contributed by atoms with Crippen molar-refractivity contribution < 1.29 is 4.79 Å². The number of hydrogen-bond acceptors (Lipinski definition) is 2. The zero-order valence-electron chi connectivity index (χ0n) is 15.6. The van der Waals surface area contributed by atoms with Crippen LogP contribution in [0, 0.1) is 19.8 Å². The van der Waals surface area contributed by atoms with E-state index in [0.717, 1.165) is 17.8 Å². The van der Waals surface area contributed by atoms with Crippen molar-refractivity contribution in [1.82, 2.24) is 14.8 Å². The molecule has 4 aliphatic rings. The Morgan fingerprint density at radius 2 is 1.77 bits per heavy atom. The van der Waals surface area contributed by atoms with Crippen LogP contribution in [0.15, 0.2) is 36.5 Å². The maximum atomic E-state index is 13.3. The minimum absolute atomic E-state index is 0.177. The van der Waals surface area contributed by atoms with E-state index in [1.165, 1.54) is 37.1 Å². The van der Waals surface area contributed by atoms with Crippen LogP contribution < -0.4 is 0 Å². The molecule has 2 bridgehead atoms. The van der Waals surface area contributed by atoms with Gasteiger partial charge in [-0.05, 0) is 62.9 Å². The molecule has 4 nitrogen and oxygen atoms in total. The summed E-state index contributed by atoms with van der Waals surface area (Å²) >= 11 is 0. The fourth-order valence-electron chi connectivity index (χ4n) is 5.54. The van der Waals surface area contributed by atoms with Gasteiger partial charge in [0.15, 0.2) is 0 Å². The van der Waals surface area contributed by atoms with Crippen molar-refractivity contribution in [3.05, 3.63) is 58.9 Å². The van der Waals surface area contributed by atoms with Crippen molar-refractivity contribution in [1.29, 1.82) is 0 Å². The summed E-state index contributed by atoms with van der Waals surface area (Å²) in [6, 6.07) is 11.8. The molecule has 4 aliphatic heterocycles. The molecule has 1 aromatic heterocycles. The quantitative estimate of drug-likeness (QED) is 0.903. The highest BCUT2D eigenvalue weighted by Crippen LogP contribution is 2.46. The first-order chi connectivity index (χ1) is 12.6. The average Bonchev–Trinajstić information content (AvgIpc) is 3.28. The zero-order chi connectivity index (χ0) is 17.8. The molecular weight excluding hydrogens is 322 g/mol. The number of aromatic nitrogens is 1. The van der Waals surface area contributed by atoms with Crippen LogP contribution in [0.25, 0.3) is 0 Å². The summed E-state index contributed by atoms with van der Waals surface area (Å²) < 4.78 is 0. The number of amides is 1. The molecule has 0 spiro atoms. The van der Waals surface area contributed by atoms with E-state index in [2.05, 4.69) is 46.0 Å². The number of benzene rings is 1. The predicted molar refractivity (Wildman–Crippen MR) is 102 cm³/mol. The van der Waals surface area contributed by atoms with Crippen molar-refractivity contribution in [3.8, 4) is 0 Å². The van der Waals surface area contributed by atoms with Gasteiger partial charge in [0.2, 0.25) is 0 Å². The van der Waals surface area contributed by atoms with Crippen LogP contribution in [0.1, 0.15) is 45.9 Å². The van der Waals surface area contributed by atoms with E-state index in [-0.39, 0.29) is 5.91 Å². The van der Waals surface area contributed by atoms with E-state index in [1.807, 2.05) is 19.2 Å². The molecule has 26 heavy (non-hydrogen) atoms. The highest BCUT2D eigenvalue weighted by atomic mass is 16.2. The van der Waals surface area contributed by atoms with Gasteiger partial charge in [-0.25, -0.2) is 0 Å². The van der Waals surface area contributed by atoms with Crippen molar-refractivity contribution in [3.63, 3.8) is 0 Å². The zero-order valence-corrected chi connectivity index (χ0v) is 15.6. The monoisotopic (exact) mass is 349 g/mol. The third-order valence-electron chi connectivity index (χ3n) is 6.82. The van der Waals surface area contributed by atoms with Gasteiger partial charge < -0.3 is 9.88 Å². The first-order valence-electron chi connectivity index (χ1n) is 9.88. The van der Waals surface area contributed by atoms with Crippen LogP contribution in [-0.2, 0) is 0 Å². The van der Waals surface area contributed by atoms with E-state index in [9.17, 15) is 4.79 Å². The first kappa shape index (κ1) is 16.1. The average molecular weight is 349 g/mol. The van der Waals surface area contributed by atoms with Gasteiger partial charge in [0.25, 0.3) is 5.91 Å². The normalized spacial score (nSPS) is 32.7. The fraction of sp³-hybridized carbons (Fsp3) is 0.500. The molecule has 1 amide bonds. The third kappa shape index (κ3) is 2.43. The van der Waals surface area contributed by atoms with Gasteiger partial charge in [-0.3, -0.25) is 9.69 Å². The molecule has 1 aromatic carbocycles. The number of likely N-dealkylation sites (tertiary alicyclic amines) is 1. The van der Waals surface area contributed by atoms with E-state index < -0.39 is 0 Å². The van der Waals surface area contributed by atoms with Crippen molar-refractivity contribution in [2.24, 2.45) is 5.92 Å². The second-order valence-electron chi connectivity index (χ2n) is 8.42. The molecule has 1 N–H and O–H groups in total. The third-order valence-corrected chi connectivity index (χ3v) is 6.82. The number of nitrogens with one attached hydrogen (secondary N) is 1. The van der Waals surface area contributed by atoms with Crippen LogP contribution >= 0.6 is 0 Å². The lowest BCUT2D eigenvalue weighted by Gasteiger charge is -2.51. The number of hydrogen-bond donors (Lipinski definition) is 1. The van der Waals surface area contributed by atoms with Gasteiger partial charge in [0.1, 0.15) is 5.69 Å². The van der Waals surface area contributed by atoms with Crippen molar-refractivity contribution >= 4 is 5.91 Å².